The Balaban J connectivity index is 0.00000231. The van der Waals surface area contributed by atoms with Crippen LogP contribution in [0.3, 0.4) is 0 Å². The Kier molecular flexibility index (Phi) is 5.50. The summed E-state index contributed by atoms with van der Waals surface area (Å²) < 4.78 is 1.62. The van der Waals surface area contributed by atoms with Crippen molar-refractivity contribution in [2.75, 3.05) is 5.32 Å². The van der Waals surface area contributed by atoms with E-state index in [0.29, 0.717) is 33.3 Å². The van der Waals surface area contributed by atoms with Crippen LogP contribution >= 0.6 is 25.1 Å². The Labute approximate surface area is 189 Å². The van der Waals surface area contributed by atoms with Gasteiger partial charge in [-0.15, -0.1) is 0 Å². The first-order valence-electron chi connectivity index (χ1n) is 9.21. The molecule has 8 nitrogen and oxygen atoms in total. The minimum absolute atomic E-state index is 0. The van der Waals surface area contributed by atoms with Crippen LogP contribution in [0.1, 0.15) is 18.5 Å². The number of hydrogen-bond donors (Lipinski definition) is 2. The van der Waals surface area contributed by atoms with Gasteiger partial charge in [-0.3, -0.25) is 0 Å². The van der Waals surface area contributed by atoms with Crippen LogP contribution in [0.2, 0.25) is 5.15 Å². The van der Waals surface area contributed by atoms with Gasteiger partial charge in [0.25, 0.3) is 0 Å². The quantitative estimate of drug-likeness (QED) is 0.371. The Hall–Kier alpha value is -3.61. The molecule has 4 heterocycles. The largest absolute Gasteiger partial charge is 0.364 e. The number of aromatic amines is 1. The first kappa shape index (κ1) is 20.7. The van der Waals surface area contributed by atoms with Crippen LogP contribution in [-0.4, -0.2) is 29.5 Å². The van der Waals surface area contributed by atoms with Crippen LogP contribution in [0.15, 0.2) is 55.1 Å². The van der Waals surface area contributed by atoms with Crippen LogP contribution in [0.4, 0.5) is 11.5 Å². The van der Waals surface area contributed by atoms with Gasteiger partial charge in [-0.1, -0.05) is 41.9 Å². The maximum Gasteiger partial charge on any atom is 0.217 e. The number of imidazole rings is 1. The van der Waals surface area contributed by atoms with Crippen molar-refractivity contribution in [1.82, 2.24) is 29.5 Å². The molecule has 0 aliphatic heterocycles. The summed E-state index contributed by atoms with van der Waals surface area (Å²) in [7, 11) is 0. The van der Waals surface area contributed by atoms with Crippen LogP contribution < -0.4 is 5.32 Å². The molecular formula is C21H17ClN8S. The zero-order valence-electron chi connectivity index (χ0n) is 16.3. The lowest BCUT2D eigenvalue weighted by atomic mass is 10.0. The van der Waals surface area contributed by atoms with E-state index in [0.717, 1.165) is 16.8 Å². The lowest BCUT2D eigenvalue weighted by Crippen LogP contribution is -2.12. The van der Waals surface area contributed by atoms with Crippen molar-refractivity contribution < 1.29 is 0 Å². The molecule has 0 aliphatic rings. The molecule has 0 fully saturated rings. The molecule has 10 heteroatoms. The minimum Gasteiger partial charge on any atom is -0.364 e. The number of rotatable bonds is 4. The van der Waals surface area contributed by atoms with E-state index in [-0.39, 0.29) is 19.5 Å². The number of nitrogens with zero attached hydrogens (tertiary/aromatic N) is 6. The van der Waals surface area contributed by atoms with Crippen molar-refractivity contribution in [3.8, 4) is 11.3 Å². The number of hydrogen-bond acceptors (Lipinski definition) is 5. The molecular weight excluding hydrogens is 432 g/mol. The van der Waals surface area contributed by atoms with E-state index < -0.39 is 0 Å². The average molecular weight is 449 g/mol. The molecule has 2 N–H and O–H groups in total. The van der Waals surface area contributed by atoms with Crippen molar-refractivity contribution in [1.29, 1.82) is 0 Å². The van der Waals surface area contributed by atoms with Gasteiger partial charge in [-0.25, -0.2) is 24.3 Å². The van der Waals surface area contributed by atoms with E-state index in [9.17, 15) is 0 Å². The molecule has 0 spiro atoms. The Bertz CT molecular complexity index is 1420. The van der Waals surface area contributed by atoms with E-state index >= 15 is 0 Å². The van der Waals surface area contributed by atoms with Gasteiger partial charge in [-0.05, 0) is 13.0 Å². The number of benzene rings is 1. The summed E-state index contributed by atoms with van der Waals surface area (Å²) in [6.07, 6.45) is 4.68. The van der Waals surface area contributed by atoms with Gasteiger partial charge in [0.05, 0.1) is 29.9 Å². The van der Waals surface area contributed by atoms with Crippen LogP contribution in [-0.2, 0) is 0 Å². The Morgan fingerprint density at radius 2 is 2.00 bits per heavy atom. The fourth-order valence-corrected chi connectivity index (χ4v) is 3.65. The highest BCUT2D eigenvalue weighted by Gasteiger charge is 2.19. The molecule has 0 unspecified atom stereocenters. The standard InChI is InChI=1S/C21H15ClN8.H2S/c1-12(28-21-18-15(23-2)9-25-20(18)26-11-27-21)14-8-17-24-10-16(22)30(17)29-19(14)13-6-4-3-5-7-13;/h3-12H,1H3,(H2,25,26,27,28);1H2/t12-;/m1./s1. The van der Waals surface area contributed by atoms with Crippen LogP contribution in [0, 0.1) is 6.57 Å². The molecule has 0 aliphatic carbocycles. The zero-order chi connectivity index (χ0) is 20.7. The van der Waals surface area contributed by atoms with Gasteiger partial charge in [-0.2, -0.15) is 18.6 Å². The summed E-state index contributed by atoms with van der Waals surface area (Å²) in [5, 5.41) is 9.28. The summed E-state index contributed by atoms with van der Waals surface area (Å²) in [5.41, 5.74) is 4.42. The molecule has 0 radical (unpaired) electrons. The Morgan fingerprint density at radius 1 is 1.19 bits per heavy atom. The first-order chi connectivity index (χ1) is 14.7. The predicted molar refractivity (Wildman–Crippen MR) is 126 cm³/mol. The molecule has 0 bridgehead atoms. The molecule has 31 heavy (non-hydrogen) atoms. The second kappa shape index (κ2) is 8.26. The summed E-state index contributed by atoms with van der Waals surface area (Å²) in [6.45, 7) is 9.43. The third kappa shape index (κ3) is 3.56. The van der Waals surface area contributed by atoms with Crippen LogP contribution in [0.25, 0.3) is 32.8 Å². The second-order valence-corrected chi connectivity index (χ2v) is 7.15. The molecule has 1 atom stereocenters. The molecule has 5 aromatic rings. The van der Waals surface area contributed by atoms with Crippen molar-refractivity contribution in [3.05, 3.63) is 77.3 Å². The lowest BCUT2D eigenvalue weighted by Gasteiger charge is -2.19. The highest BCUT2D eigenvalue weighted by atomic mass is 35.5. The maximum atomic E-state index is 7.41. The van der Waals surface area contributed by atoms with Crippen molar-refractivity contribution >= 4 is 53.3 Å². The zero-order valence-corrected chi connectivity index (χ0v) is 18.1. The minimum atomic E-state index is -0.181. The normalized spacial score (nSPS) is 11.8. The second-order valence-electron chi connectivity index (χ2n) is 6.76. The number of halogens is 1. The van der Waals surface area contributed by atoms with Crippen molar-refractivity contribution in [2.24, 2.45) is 0 Å². The number of fused-ring (bicyclic) bond motifs is 2. The van der Waals surface area contributed by atoms with E-state index in [4.69, 9.17) is 23.3 Å². The van der Waals surface area contributed by atoms with E-state index in [1.165, 1.54) is 6.33 Å². The highest BCUT2D eigenvalue weighted by molar-refractivity contribution is 7.59. The lowest BCUT2D eigenvalue weighted by molar-refractivity contribution is 0.843. The van der Waals surface area contributed by atoms with Crippen molar-refractivity contribution in [3.63, 3.8) is 0 Å². The third-order valence-electron chi connectivity index (χ3n) is 4.92. The Morgan fingerprint density at radius 3 is 2.77 bits per heavy atom. The van der Waals surface area contributed by atoms with Gasteiger partial charge in [0.1, 0.15) is 17.8 Å². The van der Waals surface area contributed by atoms with Gasteiger partial charge in [0, 0.05) is 17.3 Å². The van der Waals surface area contributed by atoms with Crippen molar-refractivity contribution in [2.45, 2.75) is 13.0 Å². The fraction of sp³-hybridized carbons (Fsp3) is 0.0952. The molecule has 0 saturated heterocycles. The van der Waals surface area contributed by atoms with Gasteiger partial charge in [0.2, 0.25) is 5.69 Å². The van der Waals surface area contributed by atoms with E-state index in [1.54, 1.807) is 16.9 Å². The molecule has 0 amide bonds. The highest BCUT2D eigenvalue weighted by Crippen LogP contribution is 2.34. The van der Waals surface area contributed by atoms with Gasteiger partial charge < -0.3 is 10.3 Å². The maximum absolute atomic E-state index is 7.41. The topological polar surface area (TPSA) is 88.1 Å². The first-order valence-corrected chi connectivity index (χ1v) is 9.59. The number of aromatic nitrogens is 6. The fourth-order valence-electron chi connectivity index (χ4n) is 3.48. The van der Waals surface area contributed by atoms with E-state index in [2.05, 4.69) is 30.1 Å². The summed E-state index contributed by atoms with van der Waals surface area (Å²) in [5.74, 6) is 0.583. The summed E-state index contributed by atoms with van der Waals surface area (Å²) in [4.78, 5) is 19.5. The van der Waals surface area contributed by atoms with Crippen LogP contribution in [0.5, 0.6) is 0 Å². The number of nitrogens with one attached hydrogen (secondary N) is 2. The van der Waals surface area contributed by atoms with Gasteiger partial charge in [0.15, 0.2) is 10.8 Å². The SMILES string of the molecule is S.[C-]#[N+]c1c[nH]c2ncnc(N[C@H](C)c3cc4ncc(Cl)n4nc3-c3ccccc3)c12. The average Bonchev–Trinajstić information content (AvgIpc) is 3.37. The molecule has 0 saturated carbocycles. The predicted octanol–water partition coefficient (Wildman–Crippen LogP) is 5.16. The smallest absolute Gasteiger partial charge is 0.217 e. The monoisotopic (exact) mass is 448 g/mol. The molecule has 154 valence electrons. The third-order valence-corrected chi connectivity index (χ3v) is 5.17. The summed E-state index contributed by atoms with van der Waals surface area (Å²) in [6, 6.07) is 11.7. The summed E-state index contributed by atoms with van der Waals surface area (Å²) >= 11 is 6.25. The molecule has 1 aromatic carbocycles. The number of H-pyrrole nitrogens is 1. The van der Waals surface area contributed by atoms with E-state index in [1.807, 2.05) is 43.3 Å². The molecule has 5 rings (SSSR count). The molecule has 4 aromatic heterocycles. The number of anilines is 1. The van der Waals surface area contributed by atoms with Gasteiger partial charge >= 0.3 is 0 Å².